The van der Waals surface area contributed by atoms with E-state index in [0.717, 1.165) is 49.5 Å². The van der Waals surface area contributed by atoms with Crippen LogP contribution in [-0.4, -0.2) is 59.0 Å². The van der Waals surface area contributed by atoms with Crippen molar-refractivity contribution in [2.24, 2.45) is 4.99 Å². The number of hydrogen-bond donors (Lipinski definition) is 1. The van der Waals surface area contributed by atoms with Gasteiger partial charge in [-0.1, -0.05) is 0 Å². The highest BCUT2D eigenvalue weighted by atomic mass is 16.4. The van der Waals surface area contributed by atoms with Gasteiger partial charge in [-0.05, 0) is 19.9 Å². The maximum Gasteiger partial charge on any atom is 0.225 e. The van der Waals surface area contributed by atoms with E-state index in [2.05, 4.69) is 35.1 Å². The van der Waals surface area contributed by atoms with Crippen molar-refractivity contribution in [1.82, 2.24) is 25.2 Å². The summed E-state index contributed by atoms with van der Waals surface area (Å²) in [6, 6.07) is 1.83. The highest BCUT2D eigenvalue weighted by Gasteiger charge is 2.21. The second kappa shape index (κ2) is 7.29. The lowest BCUT2D eigenvalue weighted by molar-refractivity contribution is 0.366. The molecule has 24 heavy (non-hydrogen) atoms. The molecule has 2 aromatic heterocycles. The summed E-state index contributed by atoms with van der Waals surface area (Å²) in [4.78, 5) is 21.8. The molecule has 0 aromatic carbocycles. The molecule has 0 spiro atoms. The first-order chi connectivity index (χ1) is 11.7. The van der Waals surface area contributed by atoms with E-state index in [4.69, 9.17) is 4.42 Å². The van der Waals surface area contributed by atoms with Gasteiger partial charge in [0.2, 0.25) is 11.8 Å². The Balaban J connectivity index is 1.54. The van der Waals surface area contributed by atoms with Gasteiger partial charge in [-0.2, -0.15) is 0 Å². The van der Waals surface area contributed by atoms with Gasteiger partial charge in [-0.15, -0.1) is 0 Å². The number of anilines is 1. The van der Waals surface area contributed by atoms with E-state index in [-0.39, 0.29) is 0 Å². The van der Waals surface area contributed by atoms with Crippen molar-refractivity contribution in [3.8, 4) is 0 Å². The van der Waals surface area contributed by atoms with Crippen LogP contribution in [0.15, 0.2) is 27.9 Å². The van der Waals surface area contributed by atoms with Crippen LogP contribution in [0.2, 0.25) is 0 Å². The maximum atomic E-state index is 5.60. The van der Waals surface area contributed by atoms with E-state index in [1.165, 1.54) is 0 Å². The summed E-state index contributed by atoms with van der Waals surface area (Å²) >= 11 is 0. The summed E-state index contributed by atoms with van der Waals surface area (Å²) in [5, 5.41) is 3.32. The Kier molecular flexibility index (Phi) is 4.93. The summed E-state index contributed by atoms with van der Waals surface area (Å²) < 4.78 is 5.60. The number of aliphatic imine (C=N–C) groups is 1. The number of piperazine rings is 1. The highest BCUT2D eigenvalue weighted by molar-refractivity contribution is 5.80. The van der Waals surface area contributed by atoms with Crippen LogP contribution in [0.5, 0.6) is 0 Å². The summed E-state index contributed by atoms with van der Waals surface area (Å²) in [5.74, 6) is 3.18. The SMILES string of the molecule is CN=C(NCc1nc(C)c(C)o1)N1CCN(c2ncccn2)CC1. The third-order valence-corrected chi connectivity index (χ3v) is 4.10. The Bertz CT molecular complexity index is 670. The third-order valence-electron chi connectivity index (χ3n) is 4.10. The second-order valence-corrected chi connectivity index (χ2v) is 5.67. The van der Waals surface area contributed by atoms with E-state index in [0.29, 0.717) is 12.4 Å². The molecular formula is C16H23N7O. The summed E-state index contributed by atoms with van der Waals surface area (Å²) in [7, 11) is 1.79. The van der Waals surface area contributed by atoms with E-state index in [1.54, 1.807) is 19.4 Å². The van der Waals surface area contributed by atoms with Crippen LogP contribution in [0, 0.1) is 13.8 Å². The lowest BCUT2D eigenvalue weighted by atomic mass is 10.3. The monoisotopic (exact) mass is 329 g/mol. The zero-order chi connectivity index (χ0) is 16.9. The van der Waals surface area contributed by atoms with Crippen molar-refractivity contribution in [2.45, 2.75) is 20.4 Å². The van der Waals surface area contributed by atoms with Gasteiger partial charge in [0.25, 0.3) is 0 Å². The molecule has 8 nitrogen and oxygen atoms in total. The van der Waals surface area contributed by atoms with Crippen LogP contribution in [0.1, 0.15) is 17.3 Å². The minimum absolute atomic E-state index is 0.531. The molecule has 0 atom stereocenters. The molecule has 1 N–H and O–H groups in total. The number of nitrogens with one attached hydrogen (secondary N) is 1. The van der Waals surface area contributed by atoms with Crippen LogP contribution < -0.4 is 10.2 Å². The first-order valence-electron chi connectivity index (χ1n) is 8.08. The molecule has 1 fully saturated rings. The molecule has 8 heteroatoms. The van der Waals surface area contributed by atoms with Gasteiger partial charge in [-0.3, -0.25) is 4.99 Å². The first kappa shape index (κ1) is 16.2. The molecule has 0 unspecified atom stereocenters. The largest absolute Gasteiger partial charge is 0.444 e. The topological polar surface area (TPSA) is 82.7 Å². The van der Waals surface area contributed by atoms with E-state index in [1.807, 2.05) is 19.9 Å². The fourth-order valence-electron chi connectivity index (χ4n) is 2.67. The van der Waals surface area contributed by atoms with E-state index >= 15 is 0 Å². The third kappa shape index (κ3) is 3.64. The molecule has 1 aliphatic heterocycles. The van der Waals surface area contributed by atoms with Crippen LogP contribution in [0.3, 0.4) is 0 Å². The molecule has 0 aliphatic carbocycles. The fourth-order valence-corrected chi connectivity index (χ4v) is 2.67. The van der Waals surface area contributed by atoms with Gasteiger partial charge >= 0.3 is 0 Å². The molecule has 0 saturated carbocycles. The first-order valence-corrected chi connectivity index (χ1v) is 8.08. The zero-order valence-corrected chi connectivity index (χ0v) is 14.4. The maximum absolute atomic E-state index is 5.60. The van der Waals surface area contributed by atoms with Crippen molar-refractivity contribution < 1.29 is 4.42 Å². The number of nitrogens with zero attached hydrogens (tertiary/aromatic N) is 6. The van der Waals surface area contributed by atoms with E-state index in [9.17, 15) is 0 Å². The number of guanidine groups is 1. The Labute approximate surface area is 141 Å². The van der Waals surface area contributed by atoms with Crippen molar-refractivity contribution in [3.63, 3.8) is 0 Å². The number of hydrogen-bond acceptors (Lipinski definition) is 6. The van der Waals surface area contributed by atoms with Crippen molar-refractivity contribution >= 4 is 11.9 Å². The van der Waals surface area contributed by atoms with Crippen LogP contribution in [0.25, 0.3) is 0 Å². The van der Waals surface area contributed by atoms with Gasteiger partial charge in [0, 0.05) is 45.6 Å². The normalized spacial score (nSPS) is 15.7. The molecule has 0 amide bonds. The molecule has 2 aromatic rings. The highest BCUT2D eigenvalue weighted by Crippen LogP contribution is 2.11. The van der Waals surface area contributed by atoms with Crippen LogP contribution in [-0.2, 0) is 6.54 Å². The second-order valence-electron chi connectivity index (χ2n) is 5.67. The van der Waals surface area contributed by atoms with Crippen molar-refractivity contribution in [1.29, 1.82) is 0 Å². The molecule has 0 bridgehead atoms. The minimum atomic E-state index is 0.531. The van der Waals surface area contributed by atoms with Crippen molar-refractivity contribution in [2.75, 3.05) is 38.1 Å². The predicted molar refractivity (Wildman–Crippen MR) is 92.0 cm³/mol. The average Bonchev–Trinajstić information content (AvgIpc) is 2.95. The fraction of sp³-hybridized carbons (Fsp3) is 0.500. The van der Waals surface area contributed by atoms with Gasteiger partial charge in [0.1, 0.15) is 5.76 Å². The Morgan fingerprint density at radius 3 is 2.50 bits per heavy atom. The van der Waals surface area contributed by atoms with Gasteiger partial charge in [0.05, 0.1) is 12.2 Å². The zero-order valence-electron chi connectivity index (χ0n) is 14.4. The predicted octanol–water partition coefficient (Wildman–Crippen LogP) is 0.979. The molecule has 128 valence electrons. The molecule has 1 saturated heterocycles. The molecule has 3 rings (SSSR count). The molecule has 1 aliphatic rings. The number of aryl methyl sites for hydroxylation is 2. The lowest BCUT2D eigenvalue weighted by Crippen LogP contribution is -2.52. The number of rotatable bonds is 3. The molecule has 0 radical (unpaired) electrons. The minimum Gasteiger partial charge on any atom is -0.444 e. The quantitative estimate of drug-likeness (QED) is 0.664. The Morgan fingerprint density at radius 2 is 1.92 bits per heavy atom. The van der Waals surface area contributed by atoms with Crippen LogP contribution >= 0.6 is 0 Å². The van der Waals surface area contributed by atoms with E-state index < -0.39 is 0 Å². The van der Waals surface area contributed by atoms with Gasteiger partial charge < -0.3 is 19.5 Å². The van der Waals surface area contributed by atoms with Gasteiger partial charge in [0.15, 0.2) is 5.96 Å². The summed E-state index contributed by atoms with van der Waals surface area (Å²) in [6.45, 7) is 7.85. The smallest absolute Gasteiger partial charge is 0.225 e. The molecule has 3 heterocycles. The summed E-state index contributed by atoms with van der Waals surface area (Å²) in [6.07, 6.45) is 3.55. The average molecular weight is 329 g/mol. The number of oxazole rings is 1. The lowest BCUT2D eigenvalue weighted by Gasteiger charge is -2.36. The number of aromatic nitrogens is 3. The Morgan fingerprint density at radius 1 is 1.21 bits per heavy atom. The standard InChI is InChI=1S/C16H23N7O/c1-12-13(2)24-14(21-12)11-20-15(17-3)22-7-9-23(10-8-22)16-18-5-4-6-19-16/h4-6H,7-11H2,1-3H3,(H,17,20). The van der Waals surface area contributed by atoms with Crippen molar-refractivity contribution in [3.05, 3.63) is 35.8 Å². The summed E-state index contributed by atoms with van der Waals surface area (Å²) in [5.41, 5.74) is 0.929. The molecular weight excluding hydrogens is 306 g/mol. The van der Waals surface area contributed by atoms with Gasteiger partial charge in [-0.25, -0.2) is 15.0 Å². The van der Waals surface area contributed by atoms with Crippen LogP contribution in [0.4, 0.5) is 5.95 Å². The Hall–Kier alpha value is -2.64.